The van der Waals surface area contributed by atoms with Gasteiger partial charge in [-0.3, -0.25) is 9.69 Å². The fourth-order valence-electron chi connectivity index (χ4n) is 4.25. The number of alkyl halides is 3. The zero-order valence-corrected chi connectivity index (χ0v) is 21.2. The van der Waals surface area contributed by atoms with Crippen LogP contribution in [0.1, 0.15) is 40.3 Å². The molecule has 0 saturated heterocycles. The average molecular weight is 540 g/mol. The molecular weight excluding hydrogens is 515 g/mol. The summed E-state index contributed by atoms with van der Waals surface area (Å²) in [5.74, 6) is -2.28. The van der Waals surface area contributed by atoms with E-state index in [0.29, 0.717) is 17.7 Å². The van der Waals surface area contributed by atoms with Crippen molar-refractivity contribution in [1.82, 2.24) is 25.0 Å². The number of nitrogens with zero attached hydrogens (tertiary/aromatic N) is 6. The Hall–Kier alpha value is -4.70. The number of benzene rings is 2. The molecule has 1 amide bonds. The van der Waals surface area contributed by atoms with Crippen LogP contribution in [0.25, 0.3) is 0 Å². The number of halogens is 3. The van der Waals surface area contributed by atoms with E-state index in [2.05, 4.69) is 15.4 Å². The lowest BCUT2D eigenvalue weighted by Crippen LogP contribution is -2.34. The first-order valence-electron chi connectivity index (χ1n) is 11.7. The van der Waals surface area contributed by atoms with Crippen molar-refractivity contribution in [2.24, 2.45) is 0 Å². The highest BCUT2D eigenvalue weighted by atomic mass is 19.4. The molecule has 4 rings (SSSR count). The number of aromatic nitrogens is 3. The van der Waals surface area contributed by atoms with Gasteiger partial charge in [0.15, 0.2) is 0 Å². The number of amides is 1. The standard InChI is InChI=1S/C26H24F3N7O3/c1-15-20(24(38)39)21(17-9-7-16(14-30)8-10-17)36-25(32-22(33-36)23(37)31-11-12-34(2)3)35(15)19-6-4-5-18(13-19)26(27,28)29/h4-10,13,21H,11-12H2,1-3H3,(H,31,37)(H,38,39). The number of nitriles is 1. The summed E-state index contributed by atoms with van der Waals surface area (Å²) >= 11 is 0. The summed E-state index contributed by atoms with van der Waals surface area (Å²) in [4.78, 5) is 32.9. The molecular formula is C26H24F3N7O3. The van der Waals surface area contributed by atoms with Gasteiger partial charge in [0, 0.05) is 24.5 Å². The first-order chi connectivity index (χ1) is 18.4. The largest absolute Gasteiger partial charge is 0.478 e. The number of carbonyl (C=O) groups excluding carboxylic acids is 1. The maximum atomic E-state index is 13.5. The van der Waals surface area contributed by atoms with Crippen LogP contribution in [-0.2, 0) is 11.0 Å². The van der Waals surface area contributed by atoms with E-state index in [9.17, 15) is 33.1 Å². The number of rotatable bonds is 7. The molecule has 202 valence electrons. The molecule has 2 N–H and O–H groups in total. The molecule has 10 nitrogen and oxygen atoms in total. The number of fused-ring (bicyclic) bond motifs is 1. The van der Waals surface area contributed by atoms with Gasteiger partial charge in [-0.15, -0.1) is 5.10 Å². The highest BCUT2D eigenvalue weighted by Gasteiger charge is 2.40. The Morgan fingerprint density at radius 3 is 2.46 bits per heavy atom. The fourth-order valence-corrected chi connectivity index (χ4v) is 4.25. The Labute approximate surface area is 221 Å². The number of carbonyl (C=O) groups is 2. The Balaban J connectivity index is 1.91. The summed E-state index contributed by atoms with van der Waals surface area (Å²) < 4.78 is 41.8. The number of likely N-dealkylation sites (N-methyl/N-ethyl adjacent to an activating group) is 1. The summed E-state index contributed by atoms with van der Waals surface area (Å²) in [5.41, 5.74) is -0.262. The molecule has 0 spiro atoms. The van der Waals surface area contributed by atoms with Crippen molar-refractivity contribution in [1.29, 1.82) is 5.26 Å². The second-order valence-electron chi connectivity index (χ2n) is 9.06. The third-order valence-corrected chi connectivity index (χ3v) is 6.12. The lowest BCUT2D eigenvalue weighted by molar-refractivity contribution is -0.137. The molecule has 3 aromatic rings. The second-order valence-corrected chi connectivity index (χ2v) is 9.06. The molecule has 0 aliphatic carbocycles. The van der Waals surface area contributed by atoms with Gasteiger partial charge in [0.05, 0.1) is 22.8 Å². The van der Waals surface area contributed by atoms with Crippen molar-refractivity contribution < 1.29 is 27.9 Å². The number of allylic oxidation sites excluding steroid dienone is 1. The number of nitrogens with one attached hydrogen (secondary N) is 1. The number of hydrogen-bond acceptors (Lipinski definition) is 7. The van der Waals surface area contributed by atoms with E-state index < -0.39 is 29.7 Å². The molecule has 0 saturated carbocycles. The molecule has 0 radical (unpaired) electrons. The minimum atomic E-state index is -4.64. The van der Waals surface area contributed by atoms with Gasteiger partial charge < -0.3 is 15.3 Å². The molecule has 1 aliphatic rings. The molecule has 0 bridgehead atoms. The minimum Gasteiger partial charge on any atom is -0.478 e. The lowest BCUT2D eigenvalue weighted by Gasteiger charge is -2.35. The minimum absolute atomic E-state index is 0.00688. The van der Waals surface area contributed by atoms with Gasteiger partial charge in [-0.05, 0) is 56.9 Å². The summed E-state index contributed by atoms with van der Waals surface area (Å²) in [5, 5.41) is 26.4. The van der Waals surface area contributed by atoms with Gasteiger partial charge in [-0.2, -0.15) is 23.4 Å². The quantitative estimate of drug-likeness (QED) is 0.467. The number of aliphatic carboxylic acids is 1. The molecule has 1 unspecified atom stereocenters. The zero-order valence-electron chi connectivity index (χ0n) is 21.2. The van der Waals surface area contributed by atoms with Crippen LogP contribution in [0.4, 0.5) is 24.8 Å². The van der Waals surface area contributed by atoms with Crippen molar-refractivity contribution in [3.8, 4) is 6.07 Å². The van der Waals surface area contributed by atoms with Crippen molar-refractivity contribution in [2.75, 3.05) is 32.1 Å². The number of carboxylic acid groups (broad SMARTS) is 1. The van der Waals surface area contributed by atoms with E-state index >= 15 is 0 Å². The topological polar surface area (TPSA) is 127 Å². The van der Waals surface area contributed by atoms with Crippen LogP contribution < -0.4 is 10.2 Å². The van der Waals surface area contributed by atoms with Crippen LogP contribution in [0, 0.1) is 11.3 Å². The number of carboxylic acids is 1. The molecule has 0 fully saturated rings. The van der Waals surface area contributed by atoms with Crippen LogP contribution >= 0.6 is 0 Å². The van der Waals surface area contributed by atoms with Gasteiger partial charge in [0.25, 0.3) is 5.91 Å². The van der Waals surface area contributed by atoms with Crippen LogP contribution in [0.15, 0.2) is 59.8 Å². The Morgan fingerprint density at radius 2 is 1.87 bits per heavy atom. The highest BCUT2D eigenvalue weighted by molar-refractivity contribution is 5.93. The lowest BCUT2D eigenvalue weighted by atomic mass is 9.94. The van der Waals surface area contributed by atoms with Crippen molar-refractivity contribution >= 4 is 23.5 Å². The fraction of sp³-hybridized carbons (Fsp3) is 0.269. The zero-order chi connectivity index (χ0) is 28.5. The Kier molecular flexibility index (Phi) is 7.42. The molecule has 13 heteroatoms. The van der Waals surface area contributed by atoms with Crippen LogP contribution in [-0.4, -0.2) is 63.8 Å². The normalized spacial score (nSPS) is 15.2. The van der Waals surface area contributed by atoms with Gasteiger partial charge in [-0.1, -0.05) is 18.2 Å². The maximum absolute atomic E-state index is 13.5. The maximum Gasteiger partial charge on any atom is 0.416 e. The molecule has 2 heterocycles. The van der Waals surface area contributed by atoms with E-state index in [0.717, 1.165) is 12.1 Å². The van der Waals surface area contributed by atoms with Crippen LogP contribution in [0.3, 0.4) is 0 Å². The molecule has 39 heavy (non-hydrogen) atoms. The predicted molar refractivity (Wildman–Crippen MR) is 134 cm³/mol. The smallest absolute Gasteiger partial charge is 0.416 e. The highest BCUT2D eigenvalue weighted by Crippen LogP contribution is 2.43. The van der Waals surface area contributed by atoms with Crippen molar-refractivity contribution in [3.63, 3.8) is 0 Å². The Bertz CT molecular complexity index is 1490. The van der Waals surface area contributed by atoms with Gasteiger partial charge in [0.1, 0.15) is 6.04 Å². The van der Waals surface area contributed by atoms with Crippen LogP contribution in [0.5, 0.6) is 0 Å². The molecule has 1 atom stereocenters. The van der Waals surface area contributed by atoms with Crippen molar-refractivity contribution in [2.45, 2.75) is 19.1 Å². The summed E-state index contributed by atoms with van der Waals surface area (Å²) in [6, 6.07) is 11.4. The van der Waals surface area contributed by atoms with E-state index in [1.54, 1.807) is 12.1 Å². The van der Waals surface area contributed by atoms with E-state index in [1.165, 1.54) is 40.8 Å². The number of anilines is 2. The predicted octanol–water partition coefficient (Wildman–Crippen LogP) is 3.56. The summed E-state index contributed by atoms with van der Waals surface area (Å²) in [7, 11) is 3.66. The summed E-state index contributed by atoms with van der Waals surface area (Å²) in [6.45, 7) is 2.27. The van der Waals surface area contributed by atoms with Gasteiger partial charge >= 0.3 is 12.1 Å². The van der Waals surface area contributed by atoms with E-state index in [1.807, 2.05) is 25.1 Å². The van der Waals surface area contributed by atoms with E-state index in [4.69, 9.17) is 0 Å². The first-order valence-corrected chi connectivity index (χ1v) is 11.7. The van der Waals surface area contributed by atoms with Gasteiger partial charge in [-0.25, -0.2) is 9.48 Å². The third-order valence-electron chi connectivity index (χ3n) is 6.12. The number of hydrogen-bond donors (Lipinski definition) is 2. The molecule has 1 aromatic heterocycles. The van der Waals surface area contributed by atoms with Gasteiger partial charge in [0.2, 0.25) is 11.8 Å². The average Bonchev–Trinajstić information content (AvgIpc) is 3.32. The van der Waals surface area contributed by atoms with Crippen LogP contribution in [0.2, 0.25) is 0 Å². The monoisotopic (exact) mass is 539 g/mol. The van der Waals surface area contributed by atoms with E-state index in [-0.39, 0.29) is 35.3 Å². The SMILES string of the molecule is CC1=C(C(=O)O)C(c2ccc(C#N)cc2)n2nc(C(=O)NCCN(C)C)nc2N1c1cccc(C(F)(F)F)c1. The second kappa shape index (κ2) is 10.6. The molecule has 2 aromatic carbocycles. The first kappa shape index (κ1) is 27.3. The Morgan fingerprint density at radius 1 is 1.18 bits per heavy atom. The van der Waals surface area contributed by atoms with Crippen molar-refractivity contribution in [3.05, 3.63) is 82.3 Å². The third kappa shape index (κ3) is 5.46. The summed E-state index contributed by atoms with van der Waals surface area (Å²) in [6.07, 6.45) is -4.64. The molecule has 1 aliphatic heterocycles.